The van der Waals surface area contributed by atoms with Crippen LogP contribution in [-0.4, -0.2) is 21.7 Å². The zero-order valence-electron chi connectivity index (χ0n) is 11.7. The first-order valence-corrected chi connectivity index (χ1v) is 7.05. The standard InChI is InChI=1S/C16H18N4O/c1-2-20-11-12(10-18-20)9-17-15-5-3-4-13(8-15)16(21)19-14-6-7-14/h2-5,8,10-11,14,17H,1,6-7,9H2,(H,19,21). The molecule has 0 spiro atoms. The minimum atomic E-state index is 0.000581. The maximum atomic E-state index is 12.0. The maximum absolute atomic E-state index is 12.0. The second kappa shape index (κ2) is 5.83. The number of hydrogen-bond acceptors (Lipinski definition) is 3. The number of nitrogens with zero attached hydrogens (tertiary/aromatic N) is 2. The Morgan fingerprint density at radius 1 is 1.48 bits per heavy atom. The van der Waals surface area contributed by atoms with Crippen molar-refractivity contribution in [3.8, 4) is 0 Å². The van der Waals surface area contributed by atoms with Crippen LogP contribution >= 0.6 is 0 Å². The van der Waals surface area contributed by atoms with Crippen LogP contribution in [0.15, 0.2) is 43.2 Å². The van der Waals surface area contributed by atoms with Crippen LogP contribution in [0.2, 0.25) is 0 Å². The second-order valence-electron chi connectivity index (χ2n) is 5.19. The van der Waals surface area contributed by atoms with Crippen LogP contribution in [0.3, 0.4) is 0 Å². The third-order valence-electron chi connectivity index (χ3n) is 3.38. The van der Waals surface area contributed by atoms with E-state index in [0.717, 1.165) is 24.1 Å². The Morgan fingerprint density at radius 3 is 3.05 bits per heavy atom. The summed E-state index contributed by atoms with van der Waals surface area (Å²) in [6, 6.07) is 7.91. The van der Waals surface area contributed by atoms with Crippen molar-refractivity contribution >= 4 is 17.8 Å². The first-order valence-electron chi connectivity index (χ1n) is 7.05. The minimum absolute atomic E-state index is 0.000581. The largest absolute Gasteiger partial charge is 0.381 e. The molecule has 1 aromatic carbocycles. The highest BCUT2D eigenvalue weighted by atomic mass is 16.1. The molecule has 0 radical (unpaired) electrons. The Balaban J connectivity index is 1.62. The monoisotopic (exact) mass is 282 g/mol. The Labute approximate surface area is 123 Å². The van der Waals surface area contributed by atoms with Gasteiger partial charge in [-0.3, -0.25) is 4.79 Å². The quantitative estimate of drug-likeness (QED) is 0.855. The Morgan fingerprint density at radius 2 is 2.33 bits per heavy atom. The van der Waals surface area contributed by atoms with E-state index >= 15 is 0 Å². The predicted octanol–water partition coefficient (Wildman–Crippen LogP) is 2.49. The van der Waals surface area contributed by atoms with Crippen molar-refractivity contribution in [1.82, 2.24) is 15.1 Å². The first kappa shape index (κ1) is 13.4. The van der Waals surface area contributed by atoms with E-state index in [2.05, 4.69) is 22.3 Å². The Bertz CT molecular complexity index is 658. The van der Waals surface area contributed by atoms with Gasteiger partial charge in [0.05, 0.1) is 6.20 Å². The average Bonchev–Trinajstić information content (AvgIpc) is 3.20. The van der Waals surface area contributed by atoms with Crippen molar-refractivity contribution in [2.45, 2.75) is 25.4 Å². The first-order chi connectivity index (χ1) is 10.2. The fraction of sp³-hybridized carbons (Fsp3) is 0.250. The smallest absolute Gasteiger partial charge is 0.251 e. The molecule has 0 aliphatic heterocycles. The summed E-state index contributed by atoms with van der Waals surface area (Å²) in [4.78, 5) is 12.0. The number of aromatic nitrogens is 2. The summed E-state index contributed by atoms with van der Waals surface area (Å²) >= 11 is 0. The Kier molecular flexibility index (Phi) is 3.73. The normalized spacial score (nSPS) is 13.7. The van der Waals surface area contributed by atoms with E-state index in [-0.39, 0.29) is 5.91 Å². The van der Waals surface area contributed by atoms with Crippen molar-refractivity contribution in [1.29, 1.82) is 0 Å². The highest BCUT2D eigenvalue weighted by Crippen LogP contribution is 2.20. The lowest BCUT2D eigenvalue weighted by Gasteiger charge is -2.08. The second-order valence-corrected chi connectivity index (χ2v) is 5.19. The molecule has 1 fully saturated rings. The number of amides is 1. The molecule has 3 rings (SSSR count). The lowest BCUT2D eigenvalue weighted by Crippen LogP contribution is -2.25. The molecule has 108 valence electrons. The summed E-state index contributed by atoms with van der Waals surface area (Å²) in [5.41, 5.74) is 2.67. The van der Waals surface area contributed by atoms with Crippen LogP contribution < -0.4 is 10.6 Å². The predicted molar refractivity (Wildman–Crippen MR) is 82.9 cm³/mol. The molecular weight excluding hydrogens is 264 g/mol. The highest BCUT2D eigenvalue weighted by Gasteiger charge is 2.23. The number of carbonyl (C=O) groups is 1. The summed E-state index contributed by atoms with van der Waals surface area (Å²) in [6.07, 6.45) is 7.53. The molecule has 1 aliphatic carbocycles. The number of benzene rings is 1. The van der Waals surface area contributed by atoms with Crippen molar-refractivity contribution < 1.29 is 4.79 Å². The number of carbonyl (C=O) groups excluding carboxylic acids is 1. The molecule has 2 N–H and O–H groups in total. The van der Waals surface area contributed by atoms with Crippen LogP contribution in [0, 0.1) is 0 Å². The fourth-order valence-corrected chi connectivity index (χ4v) is 2.04. The van der Waals surface area contributed by atoms with E-state index in [4.69, 9.17) is 0 Å². The SMILES string of the molecule is C=Cn1cc(CNc2cccc(C(=O)NC3CC3)c2)cn1. The molecule has 21 heavy (non-hydrogen) atoms. The van der Waals surface area contributed by atoms with Gasteiger partial charge in [0.2, 0.25) is 0 Å². The van der Waals surface area contributed by atoms with Gasteiger partial charge in [0.25, 0.3) is 5.91 Å². The molecule has 0 unspecified atom stereocenters. The molecule has 2 aromatic rings. The zero-order chi connectivity index (χ0) is 14.7. The van der Waals surface area contributed by atoms with E-state index in [1.807, 2.05) is 30.5 Å². The summed E-state index contributed by atoms with van der Waals surface area (Å²) < 4.78 is 1.66. The minimum Gasteiger partial charge on any atom is -0.381 e. The van der Waals surface area contributed by atoms with E-state index < -0.39 is 0 Å². The van der Waals surface area contributed by atoms with E-state index in [9.17, 15) is 4.79 Å². The van der Waals surface area contributed by atoms with Gasteiger partial charge in [-0.1, -0.05) is 12.6 Å². The molecular formula is C16H18N4O. The van der Waals surface area contributed by atoms with Gasteiger partial charge in [0.15, 0.2) is 0 Å². The summed E-state index contributed by atoms with van der Waals surface area (Å²) in [7, 11) is 0. The number of hydrogen-bond donors (Lipinski definition) is 2. The van der Waals surface area contributed by atoms with Gasteiger partial charge in [0.1, 0.15) is 0 Å². The van der Waals surface area contributed by atoms with E-state index in [1.165, 1.54) is 0 Å². The van der Waals surface area contributed by atoms with Crippen LogP contribution in [0.5, 0.6) is 0 Å². The van der Waals surface area contributed by atoms with Crippen molar-refractivity contribution in [2.75, 3.05) is 5.32 Å². The molecule has 0 bridgehead atoms. The maximum Gasteiger partial charge on any atom is 0.251 e. The van der Waals surface area contributed by atoms with Gasteiger partial charge >= 0.3 is 0 Å². The van der Waals surface area contributed by atoms with Gasteiger partial charge in [-0.2, -0.15) is 5.10 Å². The third-order valence-corrected chi connectivity index (χ3v) is 3.38. The molecule has 0 atom stereocenters. The average molecular weight is 282 g/mol. The summed E-state index contributed by atoms with van der Waals surface area (Å²) in [5, 5.41) is 10.4. The fourth-order valence-electron chi connectivity index (χ4n) is 2.04. The lowest BCUT2D eigenvalue weighted by molar-refractivity contribution is 0.0951. The van der Waals surface area contributed by atoms with E-state index in [1.54, 1.807) is 17.1 Å². The van der Waals surface area contributed by atoms with Crippen LogP contribution in [-0.2, 0) is 6.54 Å². The molecule has 1 amide bonds. The summed E-state index contributed by atoms with van der Waals surface area (Å²) in [5.74, 6) is 0.000581. The van der Waals surface area contributed by atoms with Crippen molar-refractivity contribution in [2.24, 2.45) is 0 Å². The molecule has 1 saturated carbocycles. The molecule has 5 heteroatoms. The van der Waals surface area contributed by atoms with Crippen molar-refractivity contribution in [3.63, 3.8) is 0 Å². The van der Waals surface area contributed by atoms with Gasteiger partial charge in [-0.25, -0.2) is 4.68 Å². The molecule has 5 nitrogen and oxygen atoms in total. The Hall–Kier alpha value is -2.56. The molecule has 0 saturated heterocycles. The van der Waals surface area contributed by atoms with Gasteiger partial charge in [-0.05, 0) is 31.0 Å². The number of nitrogens with one attached hydrogen (secondary N) is 2. The highest BCUT2D eigenvalue weighted by molar-refractivity contribution is 5.95. The topological polar surface area (TPSA) is 59.0 Å². The van der Waals surface area contributed by atoms with Gasteiger partial charge in [0, 0.05) is 41.8 Å². The zero-order valence-corrected chi connectivity index (χ0v) is 11.7. The molecule has 1 heterocycles. The number of rotatable bonds is 6. The van der Waals surface area contributed by atoms with Crippen molar-refractivity contribution in [3.05, 3.63) is 54.4 Å². The van der Waals surface area contributed by atoms with E-state index in [0.29, 0.717) is 18.2 Å². The molecule has 1 aliphatic rings. The van der Waals surface area contributed by atoms with Gasteiger partial charge in [-0.15, -0.1) is 0 Å². The van der Waals surface area contributed by atoms with Crippen LogP contribution in [0.1, 0.15) is 28.8 Å². The van der Waals surface area contributed by atoms with Crippen LogP contribution in [0.4, 0.5) is 5.69 Å². The van der Waals surface area contributed by atoms with Crippen LogP contribution in [0.25, 0.3) is 6.20 Å². The third kappa shape index (κ3) is 3.51. The number of anilines is 1. The lowest BCUT2D eigenvalue weighted by atomic mass is 10.2. The molecule has 1 aromatic heterocycles. The summed E-state index contributed by atoms with van der Waals surface area (Å²) in [6.45, 7) is 4.31. The van der Waals surface area contributed by atoms with Gasteiger partial charge < -0.3 is 10.6 Å².